The summed E-state index contributed by atoms with van der Waals surface area (Å²) in [6.07, 6.45) is 1.41. The van der Waals surface area contributed by atoms with E-state index in [0.717, 1.165) is 22.4 Å². The van der Waals surface area contributed by atoms with E-state index in [2.05, 4.69) is 37.8 Å². The predicted octanol–water partition coefficient (Wildman–Crippen LogP) is 5.04. The number of esters is 1. The summed E-state index contributed by atoms with van der Waals surface area (Å²) in [7, 11) is -2.59. The molecule has 6 nitrogen and oxygen atoms in total. The van der Waals surface area contributed by atoms with E-state index in [9.17, 15) is 13.2 Å². The Bertz CT molecular complexity index is 1150. The fraction of sp³-hybridized carbons (Fsp3) is 0.423. The number of carbonyl (C=O) groups excluding carboxylic acids is 1. The van der Waals surface area contributed by atoms with Crippen molar-refractivity contribution in [2.24, 2.45) is 0 Å². The van der Waals surface area contributed by atoms with Gasteiger partial charge in [0.15, 0.2) is 4.75 Å². The highest BCUT2D eigenvalue weighted by atomic mass is 32.2. The minimum Gasteiger partial charge on any atom is -0.468 e. The quantitative estimate of drug-likeness (QED) is 0.418. The maximum absolute atomic E-state index is 13.0. The highest BCUT2D eigenvalue weighted by Crippen LogP contribution is 2.35. The molecule has 0 bridgehead atoms. The number of rotatable bonds is 7. The summed E-state index contributed by atoms with van der Waals surface area (Å²) in [5.41, 5.74) is 4.56. The van der Waals surface area contributed by atoms with Crippen LogP contribution in [-0.2, 0) is 19.6 Å². The van der Waals surface area contributed by atoms with Crippen molar-refractivity contribution in [1.29, 1.82) is 0 Å². The molecule has 1 heterocycles. The molecular weight excluding hydrogens is 438 g/mol. The van der Waals surface area contributed by atoms with E-state index in [0.29, 0.717) is 31.7 Å². The lowest BCUT2D eigenvalue weighted by Crippen LogP contribution is -2.52. The Hall–Kier alpha value is -2.64. The van der Waals surface area contributed by atoms with Gasteiger partial charge in [-0.15, -0.1) is 0 Å². The van der Waals surface area contributed by atoms with Gasteiger partial charge in [0.25, 0.3) is 0 Å². The summed E-state index contributed by atoms with van der Waals surface area (Å²) in [4.78, 5) is 12.0. The van der Waals surface area contributed by atoms with Crippen LogP contribution in [0.3, 0.4) is 0 Å². The summed E-state index contributed by atoms with van der Waals surface area (Å²) in [5.74, 6) is 0.923. The highest BCUT2D eigenvalue weighted by molar-refractivity contribution is 7.91. The molecule has 0 aliphatic carbocycles. The summed E-state index contributed by atoms with van der Waals surface area (Å²) < 4.78 is 36.2. The fourth-order valence-electron chi connectivity index (χ4n) is 4.30. The number of hydrogen-bond acceptors (Lipinski definition) is 5. The van der Waals surface area contributed by atoms with Crippen molar-refractivity contribution in [3.63, 3.8) is 0 Å². The molecule has 0 aromatic heterocycles. The molecule has 0 unspecified atom stereocenters. The van der Waals surface area contributed by atoms with Crippen LogP contribution in [0.2, 0.25) is 0 Å². The molecule has 2 aromatic carbocycles. The molecule has 2 aromatic rings. The molecule has 1 saturated heterocycles. The Morgan fingerprint density at radius 1 is 1.12 bits per heavy atom. The standard InChI is InChI=1S/C26H33NO5S/c1-18(2)32-23-9-7-8-22(17-23)24-11-10-21(16-19(24)3)20-12-14-27(15-13-20)33(29,30)26(4,5)25(28)31-6/h7-11,16-17,20H,1,12-15H2,2-6H3. The topological polar surface area (TPSA) is 72.9 Å². The smallest absolute Gasteiger partial charge is 0.328 e. The van der Waals surface area contributed by atoms with E-state index >= 15 is 0 Å². The van der Waals surface area contributed by atoms with Crippen LogP contribution in [0.4, 0.5) is 0 Å². The lowest BCUT2D eigenvalue weighted by Gasteiger charge is -2.35. The summed E-state index contributed by atoms with van der Waals surface area (Å²) in [5, 5.41) is 0. The van der Waals surface area contributed by atoms with E-state index in [1.54, 1.807) is 0 Å². The third kappa shape index (κ3) is 5.14. The molecule has 3 rings (SSSR count). The number of ether oxygens (including phenoxy) is 2. The van der Waals surface area contributed by atoms with Crippen molar-refractivity contribution in [2.75, 3.05) is 20.2 Å². The van der Waals surface area contributed by atoms with Crippen LogP contribution < -0.4 is 4.74 Å². The van der Waals surface area contributed by atoms with Gasteiger partial charge in [0.2, 0.25) is 10.0 Å². The van der Waals surface area contributed by atoms with Crippen LogP contribution in [0.5, 0.6) is 5.75 Å². The molecule has 1 aliphatic heterocycles. The molecule has 1 aliphatic rings. The first-order chi connectivity index (χ1) is 15.5. The molecule has 0 saturated carbocycles. The molecule has 1 fully saturated rings. The van der Waals surface area contributed by atoms with Gasteiger partial charge in [0, 0.05) is 13.1 Å². The molecule has 0 N–H and O–H groups in total. The molecule has 7 heteroatoms. The van der Waals surface area contributed by atoms with Crippen molar-refractivity contribution in [1.82, 2.24) is 4.31 Å². The summed E-state index contributed by atoms with van der Waals surface area (Å²) >= 11 is 0. The van der Waals surface area contributed by atoms with Crippen LogP contribution in [0.1, 0.15) is 50.7 Å². The number of carbonyl (C=O) groups is 1. The van der Waals surface area contributed by atoms with Crippen molar-refractivity contribution in [2.45, 2.75) is 51.2 Å². The van der Waals surface area contributed by atoms with Crippen LogP contribution >= 0.6 is 0 Å². The van der Waals surface area contributed by atoms with Gasteiger partial charge in [-0.25, -0.2) is 12.7 Å². The largest absolute Gasteiger partial charge is 0.468 e. The van der Waals surface area contributed by atoms with Gasteiger partial charge in [-0.05, 0) is 80.8 Å². The molecule has 0 atom stereocenters. The van der Waals surface area contributed by atoms with Crippen molar-refractivity contribution < 1.29 is 22.7 Å². The maximum Gasteiger partial charge on any atom is 0.328 e. The zero-order chi connectivity index (χ0) is 24.4. The Labute approximate surface area is 197 Å². The number of hydrogen-bond donors (Lipinski definition) is 0. The number of sulfonamides is 1. The minimum absolute atomic E-state index is 0.267. The second-order valence-corrected chi connectivity index (χ2v) is 11.6. The Balaban J connectivity index is 1.74. The number of aryl methyl sites for hydroxylation is 1. The van der Waals surface area contributed by atoms with Crippen LogP contribution in [-0.4, -0.2) is 43.6 Å². The zero-order valence-corrected chi connectivity index (χ0v) is 20.9. The molecule has 178 valence electrons. The molecule has 0 amide bonds. The molecule has 0 spiro atoms. The van der Waals surface area contributed by atoms with Gasteiger partial charge >= 0.3 is 5.97 Å². The van der Waals surface area contributed by atoms with E-state index in [-0.39, 0.29) is 5.92 Å². The molecular formula is C26H33NO5S. The van der Waals surface area contributed by atoms with Gasteiger partial charge in [-0.1, -0.05) is 36.9 Å². The first-order valence-corrected chi connectivity index (χ1v) is 12.5. The summed E-state index contributed by atoms with van der Waals surface area (Å²) in [6.45, 7) is 11.3. The van der Waals surface area contributed by atoms with Gasteiger partial charge in [0.05, 0.1) is 12.9 Å². The van der Waals surface area contributed by atoms with E-state index < -0.39 is 20.7 Å². The van der Waals surface area contributed by atoms with Crippen molar-refractivity contribution in [3.8, 4) is 16.9 Å². The second-order valence-electron chi connectivity index (χ2n) is 9.09. The SMILES string of the molecule is C=C(C)Oc1cccc(-c2ccc(C3CCN(S(=O)(=O)C(C)(C)C(=O)OC)CC3)cc2C)c1. The van der Waals surface area contributed by atoms with Crippen LogP contribution in [0.25, 0.3) is 11.1 Å². The monoisotopic (exact) mass is 471 g/mol. The lowest BCUT2D eigenvalue weighted by molar-refractivity contribution is -0.142. The van der Waals surface area contributed by atoms with Gasteiger partial charge in [0.1, 0.15) is 5.75 Å². The maximum atomic E-state index is 13.0. The molecule has 33 heavy (non-hydrogen) atoms. The first kappa shape index (κ1) is 25.0. The Kier molecular flexibility index (Phi) is 7.34. The van der Waals surface area contributed by atoms with Crippen molar-refractivity contribution in [3.05, 3.63) is 65.9 Å². The highest BCUT2D eigenvalue weighted by Gasteiger charge is 2.47. The van der Waals surface area contributed by atoms with E-state index in [1.165, 1.54) is 30.8 Å². The average molecular weight is 472 g/mol. The normalized spacial score (nSPS) is 15.8. The Morgan fingerprint density at radius 2 is 1.79 bits per heavy atom. The molecule has 0 radical (unpaired) electrons. The second kappa shape index (κ2) is 9.69. The van der Waals surface area contributed by atoms with Crippen LogP contribution in [0.15, 0.2) is 54.8 Å². The number of benzene rings is 2. The number of piperidine rings is 1. The third-order valence-corrected chi connectivity index (χ3v) is 8.78. The number of allylic oxidation sites excluding steroid dienone is 1. The van der Waals surface area contributed by atoms with Gasteiger partial charge < -0.3 is 9.47 Å². The summed E-state index contributed by atoms with van der Waals surface area (Å²) in [6, 6.07) is 14.4. The fourth-order valence-corrected chi connectivity index (χ4v) is 5.93. The minimum atomic E-state index is -3.80. The number of nitrogens with zero attached hydrogens (tertiary/aromatic N) is 1. The Morgan fingerprint density at radius 3 is 2.36 bits per heavy atom. The van der Waals surface area contributed by atoms with Crippen molar-refractivity contribution >= 4 is 16.0 Å². The first-order valence-electron chi connectivity index (χ1n) is 11.1. The van der Waals surface area contributed by atoms with Gasteiger partial charge in [-0.3, -0.25) is 4.79 Å². The average Bonchev–Trinajstić information content (AvgIpc) is 2.78. The lowest BCUT2D eigenvalue weighted by atomic mass is 9.87. The van der Waals surface area contributed by atoms with E-state index in [1.807, 2.05) is 25.1 Å². The number of methoxy groups -OCH3 is 1. The van der Waals surface area contributed by atoms with Crippen LogP contribution in [0, 0.1) is 6.92 Å². The third-order valence-electron chi connectivity index (χ3n) is 6.27. The predicted molar refractivity (Wildman–Crippen MR) is 131 cm³/mol. The van der Waals surface area contributed by atoms with Gasteiger partial charge in [-0.2, -0.15) is 0 Å². The zero-order valence-electron chi connectivity index (χ0n) is 20.1. The van der Waals surface area contributed by atoms with E-state index in [4.69, 9.17) is 9.47 Å².